The van der Waals surface area contributed by atoms with Crippen LogP contribution in [0, 0.1) is 0 Å². The number of hydrogen-bond acceptors (Lipinski definition) is 4. The second-order valence-electron chi connectivity index (χ2n) is 3.02. The van der Waals surface area contributed by atoms with Gasteiger partial charge in [0, 0.05) is 19.7 Å². The predicted molar refractivity (Wildman–Crippen MR) is 59.6 cm³/mol. The summed E-state index contributed by atoms with van der Waals surface area (Å²) in [6.45, 7) is 5.92. The van der Waals surface area contributed by atoms with Crippen LogP contribution in [0.1, 0.15) is 6.92 Å². The van der Waals surface area contributed by atoms with Crippen LogP contribution < -0.4 is 0 Å². The van der Waals surface area contributed by atoms with Crippen molar-refractivity contribution >= 4 is 11.9 Å². The summed E-state index contributed by atoms with van der Waals surface area (Å²) in [5, 5.41) is 0. The molecule has 0 aliphatic carbocycles. The quantitative estimate of drug-likeness (QED) is 0.290. The lowest BCUT2D eigenvalue weighted by Crippen LogP contribution is -2.29. The molecule has 5 nitrogen and oxygen atoms in total. The number of likely N-dealkylation sites (N-methyl/N-ethyl adjacent to an activating group) is 1. The molecule has 0 aliphatic heterocycles. The second kappa shape index (κ2) is 7.50. The number of methoxy groups -OCH3 is 1. The molecule has 0 aromatic heterocycles. The fourth-order valence-electron chi connectivity index (χ4n) is 0.718. The minimum Gasteiger partial charge on any atom is -0.484 e. The van der Waals surface area contributed by atoms with Crippen LogP contribution in [0.3, 0.4) is 0 Å². The number of nitrogens with zero attached hydrogens (tertiary/aromatic N) is 1. The van der Waals surface area contributed by atoms with Gasteiger partial charge in [0.25, 0.3) is 5.91 Å². The number of amides is 1. The van der Waals surface area contributed by atoms with Crippen LogP contribution in [0.25, 0.3) is 0 Å². The van der Waals surface area contributed by atoms with E-state index in [9.17, 15) is 9.59 Å². The number of rotatable bonds is 6. The highest BCUT2D eigenvalue weighted by Gasteiger charge is 2.06. The molecule has 0 atom stereocenters. The topological polar surface area (TPSA) is 55.8 Å². The fraction of sp³-hybridized carbons (Fsp3) is 0.455. The Bertz CT molecular complexity index is 296. The molecule has 16 heavy (non-hydrogen) atoms. The molecule has 0 N–H and O–H groups in total. The SMILES string of the molecule is C=C(/C=C/C(=O)OC)OCC(=O)N(C)CC. The molecule has 0 aromatic rings. The third kappa shape index (κ3) is 5.85. The minimum absolute atomic E-state index is 0.0886. The molecule has 0 saturated carbocycles. The van der Waals surface area contributed by atoms with Gasteiger partial charge in [0.1, 0.15) is 5.76 Å². The zero-order chi connectivity index (χ0) is 12.6. The average molecular weight is 227 g/mol. The molecule has 0 aromatic carbocycles. The van der Waals surface area contributed by atoms with Gasteiger partial charge in [0.15, 0.2) is 6.61 Å². The lowest BCUT2D eigenvalue weighted by atomic mass is 10.4. The summed E-state index contributed by atoms with van der Waals surface area (Å²) in [4.78, 5) is 23.6. The molecule has 0 saturated heterocycles. The average Bonchev–Trinajstić information content (AvgIpc) is 2.31. The smallest absolute Gasteiger partial charge is 0.330 e. The summed E-state index contributed by atoms with van der Waals surface area (Å²) >= 11 is 0. The molecule has 0 unspecified atom stereocenters. The molecule has 0 heterocycles. The zero-order valence-corrected chi connectivity index (χ0v) is 9.86. The van der Waals surface area contributed by atoms with Crippen molar-refractivity contribution in [2.24, 2.45) is 0 Å². The van der Waals surface area contributed by atoms with Crippen molar-refractivity contribution < 1.29 is 19.1 Å². The number of allylic oxidation sites excluding steroid dienone is 1. The Labute approximate surface area is 95.3 Å². The first kappa shape index (κ1) is 14.2. The van der Waals surface area contributed by atoms with Gasteiger partial charge in [-0.2, -0.15) is 0 Å². The lowest BCUT2D eigenvalue weighted by Gasteiger charge is -2.14. The van der Waals surface area contributed by atoms with E-state index in [-0.39, 0.29) is 18.3 Å². The zero-order valence-electron chi connectivity index (χ0n) is 9.86. The van der Waals surface area contributed by atoms with Crippen molar-refractivity contribution in [3.63, 3.8) is 0 Å². The first-order valence-corrected chi connectivity index (χ1v) is 4.83. The Hall–Kier alpha value is -1.78. The van der Waals surface area contributed by atoms with Crippen LogP contribution in [-0.2, 0) is 19.1 Å². The van der Waals surface area contributed by atoms with E-state index in [0.29, 0.717) is 6.54 Å². The van der Waals surface area contributed by atoms with Crippen LogP contribution in [0.5, 0.6) is 0 Å². The number of hydrogen-bond donors (Lipinski definition) is 0. The summed E-state index contributed by atoms with van der Waals surface area (Å²) in [7, 11) is 2.95. The summed E-state index contributed by atoms with van der Waals surface area (Å²) in [6, 6.07) is 0. The van der Waals surface area contributed by atoms with Gasteiger partial charge in [-0.25, -0.2) is 4.79 Å². The number of carbonyl (C=O) groups excluding carboxylic acids is 2. The highest BCUT2D eigenvalue weighted by Crippen LogP contribution is 1.97. The number of esters is 1. The van der Waals surface area contributed by atoms with Gasteiger partial charge in [-0.05, 0) is 13.0 Å². The van der Waals surface area contributed by atoms with Crippen molar-refractivity contribution in [2.45, 2.75) is 6.92 Å². The Morgan fingerprint density at radius 3 is 2.50 bits per heavy atom. The van der Waals surface area contributed by atoms with Crippen molar-refractivity contribution in [1.29, 1.82) is 0 Å². The van der Waals surface area contributed by atoms with Crippen molar-refractivity contribution in [3.05, 3.63) is 24.5 Å². The van der Waals surface area contributed by atoms with Crippen LogP contribution in [-0.4, -0.2) is 44.1 Å². The Kier molecular flexibility index (Phi) is 6.67. The standard InChI is InChI=1S/C11H17NO4/c1-5-12(3)10(13)8-16-9(2)6-7-11(14)15-4/h6-7H,2,5,8H2,1,3-4H3/b7-6+. The molecule has 0 spiro atoms. The van der Waals surface area contributed by atoms with Crippen LogP contribution in [0.4, 0.5) is 0 Å². The maximum atomic E-state index is 11.3. The molecule has 5 heteroatoms. The maximum Gasteiger partial charge on any atom is 0.330 e. The van der Waals surface area contributed by atoms with Gasteiger partial charge in [-0.1, -0.05) is 6.58 Å². The summed E-state index contributed by atoms with van der Waals surface area (Å²) in [5.41, 5.74) is 0. The first-order valence-electron chi connectivity index (χ1n) is 4.83. The predicted octanol–water partition coefficient (Wildman–Crippen LogP) is 0.724. The van der Waals surface area contributed by atoms with Crippen molar-refractivity contribution in [1.82, 2.24) is 4.90 Å². The van der Waals surface area contributed by atoms with Gasteiger partial charge in [-0.15, -0.1) is 0 Å². The van der Waals surface area contributed by atoms with Gasteiger partial charge in [-0.3, -0.25) is 4.79 Å². The van der Waals surface area contributed by atoms with Crippen molar-refractivity contribution in [2.75, 3.05) is 27.3 Å². The maximum absolute atomic E-state index is 11.3. The third-order valence-electron chi connectivity index (χ3n) is 1.89. The first-order chi connectivity index (χ1) is 7.51. The molecular formula is C11H17NO4. The lowest BCUT2D eigenvalue weighted by molar-refractivity contribution is -0.134. The van der Waals surface area contributed by atoms with E-state index in [2.05, 4.69) is 11.3 Å². The van der Waals surface area contributed by atoms with Gasteiger partial charge >= 0.3 is 5.97 Å². The molecule has 0 fully saturated rings. The Balaban J connectivity index is 3.95. The summed E-state index contributed by atoms with van der Waals surface area (Å²) < 4.78 is 9.43. The summed E-state index contributed by atoms with van der Waals surface area (Å²) in [5.74, 6) is -0.403. The van der Waals surface area contributed by atoms with E-state index in [1.165, 1.54) is 24.2 Å². The summed E-state index contributed by atoms with van der Waals surface area (Å²) in [6.07, 6.45) is 2.53. The van der Waals surface area contributed by atoms with Crippen molar-refractivity contribution in [3.8, 4) is 0 Å². The van der Waals surface area contributed by atoms with Gasteiger partial charge < -0.3 is 14.4 Å². The number of ether oxygens (including phenoxy) is 2. The van der Waals surface area contributed by atoms with Crippen LogP contribution >= 0.6 is 0 Å². The molecule has 0 rings (SSSR count). The fourth-order valence-corrected chi connectivity index (χ4v) is 0.718. The van der Waals surface area contributed by atoms with E-state index in [4.69, 9.17) is 4.74 Å². The molecule has 0 bridgehead atoms. The van der Waals surface area contributed by atoms with E-state index >= 15 is 0 Å². The molecule has 0 radical (unpaired) electrons. The van der Waals surface area contributed by atoms with E-state index in [0.717, 1.165) is 0 Å². The molecule has 1 amide bonds. The normalized spacial score (nSPS) is 9.94. The highest BCUT2D eigenvalue weighted by molar-refractivity contribution is 5.82. The Morgan fingerprint density at radius 1 is 1.38 bits per heavy atom. The monoisotopic (exact) mass is 227 g/mol. The highest BCUT2D eigenvalue weighted by atomic mass is 16.5. The third-order valence-corrected chi connectivity index (χ3v) is 1.89. The molecule has 0 aliphatic rings. The van der Waals surface area contributed by atoms with Gasteiger partial charge in [0.2, 0.25) is 0 Å². The van der Waals surface area contributed by atoms with Gasteiger partial charge in [0.05, 0.1) is 7.11 Å². The number of carbonyl (C=O) groups is 2. The van der Waals surface area contributed by atoms with Crippen LogP contribution in [0.2, 0.25) is 0 Å². The van der Waals surface area contributed by atoms with Crippen LogP contribution in [0.15, 0.2) is 24.5 Å². The van der Waals surface area contributed by atoms with E-state index < -0.39 is 5.97 Å². The van der Waals surface area contributed by atoms with E-state index in [1.54, 1.807) is 7.05 Å². The molecular weight excluding hydrogens is 210 g/mol. The minimum atomic E-state index is -0.498. The second-order valence-corrected chi connectivity index (χ2v) is 3.02. The largest absolute Gasteiger partial charge is 0.484 e. The Morgan fingerprint density at radius 2 is 2.00 bits per heavy atom. The van der Waals surface area contributed by atoms with E-state index in [1.807, 2.05) is 6.92 Å². The molecule has 90 valence electrons.